The Hall–Kier alpha value is -1.57. The SMILES string of the molecule is C=C(C)C.CN=C(C)C.COc1ccc(C)c(C)c1C. The van der Waals surface area contributed by atoms with E-state index in [9.17, 15) is 0 Å². The van der Waals surface area contributed by atoms with E-state index >= 15 is 0 Å². The van der Waals surface area contributed by atoms with Crippen molar-refractivity contribution in [2.75, 3.05) is 14.2 Å². The fourth-order valence-electron chi connectivity index (χ4n) is 1.15. The Labute approximate surface area is 125 Å². The predicted molar refractivity (Wildman–Crippen MR) is 92.4 cm³/mol. The second-order valence-corrected chi connectivity index (χ2v) is 5.21. The molecule has 0 spiro atoms. The number of aliphatic imine (C=N–C) groups is 1. The van der Waals surface area contributed by atoms with Crippen molar-refractivity contribution in [3.63, 3.8) is 0 Å². The monoisotopic (exact) mass is 277 g/mol. The number of hydrogen-bond acceptors (Lipinski definition) is 2. The van der Waals surface area contributed by atoms with Crippen LogP contribution in [0.15, 0.2) is 29.3 Å². The highest BCUT2D eigenvalue weighted by Gasteiger charge is 2.01. The van der Waals surface area contributed by atoms with Gasteiger partial charge in [-0.05, 0) is 71.2 Å². The second-order valence-electron chi connectivity index (χ2n) is 5.21. The molecule has 0 radical (unpaired) electrons. The summed E-state index contributed by atoms with van der Waals surface area (Å²) in [4.78, 5) is 3.81. The van der Waals surface area contributed by atoms with E-state index in [1.165, 1.54) is 22.3 Å². The van der Waals surface area contributed by atoms with Crippen LogP contribution < -0.4 is 4.74 Å². The van der Waals surface area contributed by atoms with Crippen LogP contribution in [-0.2, 0) is 0 Å². The maximum atomic E-state index is 5.18. The van der Waals surface area contributed by atoms with Crippen LogP contribution in [0.2, 0.25) is 0 Å². The van der Waals surface area contributed by atoms with E-state index in [1.54, 1.807) is 14.2 Å². The van der Waals surface area contributed by atoms with Gasteiger partial charge in [-0.25, -0.2) is 0 Å². The zero-order valence-electron chi connectivity index (χ0n) is 14.7. The lowest BCUT2D eigenvalue weighted by molar-refractivity contribution is 0.411. The van der Waals surface area contributed by atoms with Gasteiger partial charge >= 0.3 is 0 Å². The first-order valence-corrected chi connectivity index (χ1v) is 6.80. The van der Waals surface area contributed by atoms with Crippen LogP contribution in [0.1, 0.15) is 44.4 Å². The van der Waals surface area contributed by atoms with Gasteiger partial charge in [-0.15, -0.1) is 6.58 Å². The van der Waals surface area contributed by atoms with Crippen LogP contribution in [0.3, 0.4) is 0 Å². The summed E-state index contributed by atoms with van der Waals surface area (Å²) in [5.41, 5.74) is 6.19. The van der Waals surface area contributed by atoms with Crippen molar-refractivity contribution >= 4 is 5.71 Å². The van der Waals surface area contributed by atoms with E-state index in [-0.39, 0.29) is 0 Å². The van der Waals surface area contributed by atoms with Gasteiger partial charge in [-0.3, -0.25) is 4.99 Å². The average molecular weight is 277 g/mol. The first-order chi connectivity index (χ1) is 9.17. The minimum Gasteiger partial charge on any atom is -0.496 e. The molecule has 0 amide bonds. The molecule has 0 N–H and O–H groups in total. The van der Waals surface area contributed by atoms with Gasteiger partial charge in [0.25, 0.3) is 0 Å². The molecule has 0 saturated heterocycles. The zero-order valence-corrected chi connectivity index (χ0v) is 14.7. The molecule has 1 rings (SSSR count). The average Bonchev–Trinajstić information content (AvgIpc) is 2.36. The summed E-state index contributed by atoms with van der Waals surface area (Å²) in [5.74, 6) is 0.980. The molecule has 0 aliphatic carbocycles. The lowest BCUT2D eigenvalue weighted by Crippen LogP contribution is -1.91. The van der Waals surface area contributed by atoms with Crippen LogP contribution in [-0.4, -0.2) is 19.9 Å². The van der Waals surface area contributed by atoms with Gasteiger partial charge in [-0.2, -0.15) is 0 Å². The molecule has 0 aliphatic heterocycles. The molecular weight excluding hydrogens is 246 g/mol. The minimum absolute atomic E-state index is 0.980. The molecule has 0 saturated carbocycles. The molecule has 1 aromatic rings. The Bertz CT molecular complexity index is 437. The van der Waals surface area contributed by atoms with Gasteiger partial charge in [-0.1, -0.05) is 11.6 Å². The third kappa shape index (κ3) is 10.4. The minimum atomic E-state index is 0.980. The summed E-state index contributed by atoms with van der Waals surface area (Å²) in [5, 5.41) is 0. The molecule has 0 bridgehead atoms. The number of rotatable bonds is 1. The molecule has 0 heterocycles. The van der Waals surface area contributed by atoms with Gasteiger partial charge in [0.1, 0.15) is 5.75 Å². The number of methoxy groups -OCH3 is 1. The molecular formula is C18H31NO. The normalized spacial score (nSPS) is 8.45. The Morgan fingerprint density at radius 3 is 1.70 bits per heavy atom. The number of allylic oxidation sites excluding steroid dienone is 1. The molecule has 0 fully saturated rings. The predicted octanol–water partition coefficient (Wildman–Crippen LogP) is 5.30. The van der Waals surface area contributed by atoms with Crippen LogP contribution in [0, 0.1) is 20.8 Å². The fourth-order valence-corrected chi connectivity index (χ4v) is 1.15. The third-order valence-electron chi connectivity index (χ3n) is 2.68. The summed E-state index contributed by atoms with van der Waals surface area (Å²) in [6, 6.07) is 4.10. The first-order valence-electron chi connectivity index (χ1n) is 6.80. The Morgan fingerprint density at radius 2 is 1.40 bits per heavy atom. The third-order valence-corrected chi connectivity index (χ3v) is 2.68. The van der Waals surface area contributed by atoms with Crippen LogP contribution in [0.5, 0.6) is 5.75 Å². The molecule has 0 unspecified atom stereocenters. The quantitative estimate of drug-likeness (QED) is 0.504. The molecule has 1 aromatic carbocycles. The van der Waals surface area contributed by atoms with Gasteiger partial charge in [0.15, 0.2) is 0 Å². The summed E-state index contributed by atoms with van der Waals surface area (Å²) in [6.07, 6.45) is 0. The van der Waals surface area contributed by atoms with E-state index in [0.717, 1.165) is 11.5 Å². The van der Waals surface area contributed by atoms with Crippen LogP contribution >= 0.6 is 0 Å². The highest BCUT2D eigenvalue weighted by Crippen LogP contribution is 2.22. The van der Waals surface area contributed by atoms with Crippen molar-refractivity contribution in [2.45, 2.75) is 48.5 Å². The number of ether oxygens (including phenoxy) is 1. The summed E-state index contributed by atoms with van der Waals surface area (Å²) < 4.78 is 5.18. The first kappa shape index (κ1) is 20.7. The maximum absolute atomic E-state index is 5.18. The number of benzene rings is 1. The Kier molecular flexibility index (Phi) is 11.7. The van der Waals surface area contributed by atoms with E-state index in [1.807, 2.05) is 33.8 Å². The number of nitrogens with zero attached hydrogens (tertiary/aromatic N) is 1. The summed E-state index contributed by atoms with van der Waals surface area (Å²) in [6.45, 7) is 17.8. The van der Waals surface area contributed by atoms with E-state index in [2.05, 4.69) is 38.4 Å². The fraction of sp³-hybridized carbons (Fsp3) is 0.500. The van der Waals surface area contributed by atoms with Gasteiger partial charge in [0, 0.05) is 12.8 Å². The Morgan fingerprint density at radius 1 is 1.00 bits per heavy atom. The van der Waals surface area contributed by atoms with Crippen molar-refractivity contribution in [1.29, 1.82) is 0 Å². The lowest BCUT2D eigenvalue weighted by atomic mass is 10.0. The highest BCUT2D eigenvalue weighted by atomic mass is 16.5. The molecule has 2 heteroatoms. The summed E-state index contributed by atoms with van der Waals surface area (Å²) >= 11 is 0. The highest BCUT2D eigenvalue weighted by molar-refractivity contribution is 5.78. The van der Waals surface area contributed by atoms with E-state index in [4.69, 9.17) is 4.74 Å². The zero-order chi connectivity index (χ0) is 16.3. The number of aryl methyl sites for hydroxylation is 1. The van der Waals surface area contributed by atoms with Crippen molar-refractivity contribution in [3.8, 4) is 5.75 Å². The molecule has 2 nitrogen and oxygen atoms in total. The van der Waals surface area contributed by atoms with E-state index in [0.29, 0.717) is 0 Å². The molecule has 0 aromatic heterocycles. The molecule has 0 aliphatic rings. The van der Waals surface area contributed by atoms with Crippen molar-refractivity contribution in [3.05, 3.63) is 41.0 Å². The topological polar surface area (TPSA) is 21.6 Å². The molecule has 0 atom stereocenters. The smallest absolute Gasteiger partial charge is 0.122 e. The molecule has 114 valence electrons. The van der Waals surface area contributed by atoms with Crippen LogP contribution in [0.4, 0.5) is 0 Å². The standard InChI is InChI=1S/C10H14O.C4H9N.C4H8/c1-7-5-6-10(11-4)9(3)8(7)2;1-4(2)5-3;1-4(2)3/h5-6H,1-4H3;1-3H3;1H2,2-3H3. The van der Waals surface area contributed by atoms with Crippen molar-refractivity contribution in [1.82, 2.24) is 0 Å². The van der Waals surface area contributed by atoms with Crippen molar-refractivity contribution in [2.24, 2.45) is 4.99 Å². The maximum Gasteiger partial charge on any atom is 0.122 e. The second kappa shape index (κ2) is 11.3. The van der Waals surface area contributed by atoms with Gasteiger partial charge in [0.05, 0.1) is 7.11 Å². The van der Waals surface area contributed by atoms with Crippen molar-refractivity contribution < 1.29 is 4.74 Å². The Balaban J connectivity index is 0. The van der Waals surface area contributed by atoms with Crippen LogP contribution in [0.25, 0.3) is 0 Å². The van der Waals surface area contributed by atoms with Gasteiger partial charge in [0.2, 0.25) is 0 Å². The lowest BCUT2D eigenvalue weighted by Gasteiger charge is -2.08. The summed E-state index contributed by atoms with van der Waals surface area (Å²) in [7, 11) is 3.49. The number of hydrogen-bond donors (Lipinski definition) is 0. The van der Waals surface area contributed by atoms with Gasteiger partial charge < -0.3 is 4.74 Å². The largest absolute Gasteiger partial charge is 0.496 e. The van der Waals surface area contributed by atoms with E-state index < -0.39 is 0 Å². The molecule has 20 heavy (non-hydrogen) atoms.